The number of carbonyl (C=O) groups excluding carboxylic acids is 1. The Labute approximate surface area is 176 Å². The summed E-state index contributed by atoms with van der Waals surface area (Å²) < 4.78 is 25.7. The first-order valence-electron chi connectivity index (χ1n) is 8.87. The van der Waals surface area contributed by atoms with Crippen molar-refractivity contribution in [2.24, 2.45) is 0 Å². The standard InChI is InChI=1S/C20H24Cl2N2O3S/c1-14-6-8-16(9-7-14)5-4-12-23-20(25)15(2)24(28(3,26)27)19-13-17(21)10-11-18(19)22/h6-11,13,15H,4-5,12H2,1-3H3,(H,23,25). The van der Waals surface area contributed by atoms with E-state index in [0.717, 1.165) is 23.4 Å². The summed E-state index contributed by atoms with van der Waals surface area (Å²) in [7, 11) is -3.75. The van der Waals surface area contributed by atoms with E-state index in [2.05, 4.69) is 29.6 Å². The first-order chi connectivity index (χ1) is 13.1. The molecule has 8 heteroatoms. The molecule has 28 heavy (non-hydrogen) atoms. The molecule has 1 atom stereocenters. The summed E-state index contributed by atoms with van der Waals surface area (Å²) in [5, 5.41) is 3.33. The maximum atomic E-state index is 12.6. The predicted molar refractivity (Wildman–Crippen MR) is 116 cm³/mol. The van der Waals surface area contributed by atoms with Crippen molar-refractivity contribution in [3.8, 4) is 0 Å². The Morgan fingerprint density at radius 2 is 1.79 bits per heavy atom. The molecule has 2 aromatic carbocycles. The van der Waals surface area contributed by atoms with Gasteiger partial charge in [0, 0.05) is 11.6 Å². The van der Waals surface area contributed by atoms with Crippen LogP contribution in [0.4, 0.5) is 5.69 Å². The Kier molecular flexibility index (Phi) is 7.75. The van der Waals surface area contributed by atoms with E-state index in [1.165, 1.54) is 30.2 Å². The lowest BCUT2D eigenvalue weighted by molar-refractivity contribution is -0.121. The zero-order chi connectivity index (χ0) is 20.9. The topological polar surface area (TPSA) is 66.5 Å². The molecular weight excluding hydrogens is 419 g/mol. The number of nitrogens with one attached hydrogen (secondary N) is 1. The average molecular weight is 443 g/mol. The van der Waals surface area contributed by atoms with E-state index in [0.29, 0.717) is 11.6 Å². The van der Waals surface area contributed by atoms with Crippen molar-refractivity contribution in [1.29, 1.82) is 0 Å². The quantitative estimate of drug-likeness (QED) is 0.622. The van der Waals surface area contributed by atoms with E-state index in [4.69, 9.17) is 23.2 Å². The van der Waals surface area contributed by atoms with Gasteiger partial charge in [0.15, 0.2) is 0 Å². The largest absolute Gasteiger partial charge is 0.354 e. The van der Waals surface area contributed by atoms with Gasteiger partial charge in [-0.1, -0.05) is 53.0 Å². The second-order valence-electron chi connectivity index (χ2n) is 6.71. The minimum atomic E-state index is -3.75. The third kappa shape index (κ3) is 6.12. The molecule has 0 saturated heterocycles. The van der Waals surface area contributed by atoms with Crippen molar-refractivity contribution in [1.82, 2.24) is 5.32 Å². The molecule has 2 aromatic rings. The first kappa shape index (κ1) is 22.5. The molecule has 5 nitrogen and oxygen atoms in total. The van der Waals surface area contributed by atoms with Gasteiger partial charge in [-0.2, -0.15) is 0 Å². The molecule has 0 aliphatic heterocycles. The number of amides is 1. The van der Waals surface area contributed by atoms with E-state index in [9.17, 15) is 13.2 Å². The highest BCUT2D eigenvalue weighted by atomic mass is 35.5. The van der Waals surface area contributed by atoms with E-state index >= 15 is 0 Å². The molecule has 1 unspecified atom stereocenters. The van der Waals surface area contributed by atoms with Crippen LogP contribution >= 0.6 is 23.2 Å². The molecule has 0 aromatic heterocycles. The minimum absolute atomic E-state index is 0.180. The SMILES string of the molecule is Cc1ccc(CCCNC(=O)C(C)N(c2cc(Cl)ccc2Cl)S(C)(=O)=O)cc1. The van der Waals surface area contributed by atoms with Crippen LogP contribution in [-0.2, 0) is 21.2 Å². The smallest absolute Gasteiger partial charge is 0.243 e. The van der Waals surface area contributed by atoms with Crippen molar-refractivity contribution in [2.45, 2.75) is 32.7 Å². The molecule has 1 N–H and O–H groups in total. The van der Waals surface area contributed by atoms with Crippen LogP contribution in [0.3, 0.4) is 0 Å². The van der Waals surface area contributed by atoms with Crippen LogP contribution in [0.25, 0.3) is 0 Å². The van der Waals surface area contributed by atoms with E-state index < -0.39 is 22.0 Å². The van der Waals surface area contributed by atoms with Crippen LogP contribution in [0.2, 0.25) is 10.0 Å². The van der Waals surface area contributed by atoms with Gasteiger partial charge in [-0.3, -0.25) is 9.10 Å². The lowest BCUT2D eigenvalue weighted by atomic mass is 10.1. The second kappa shape index (κ2) is 9.63. The number of benzene rings is 2. The van der Waals surface area contributed by atoms with Crippen LogP contribution in [0.1, 0.15) is 24.5 Å². The predicted octanol–water partition coefficient (Wildman–Crippen LogP) is 4.21. The Hall–Kier alpha value is -1.76. The maximum Gasteiger partial charge on any atom is 0.243 e. The van der Waals surface area contributed by atoms with Gasteiger partial charge in [0.2, 0.25) is 15.9 Å². The fraction of sp³-hybridized carbons (Fsp3) is 0.350. The van der Waals surface area contributed by atoms with Gasteiger partial charge in [-0.15, -0.1) is 0 Å². The number of hydrogen-bond donors (Lipinski definition) is 1. The minimum Gasteiger partial charge on any atom is -0.354 e. The summed E-state index contributed by atoms with van der Waals surface area (Å²) in [4.78, 5) is 12.6. The molecule has 0 aliphatic carbocycles. The summed E-state index contributed by atoms with van der Waals surface area (Å²) >= 11 is 12.1. The van der Waals surface area contributed by atoms with Crippen molar-refractivity contribution in [3.63, 3.8) is 0 Å². The summed E-state index contributed by atoms with van der Waals surface area (Å²) in [5.74, 6) is -0.398. The summed E-state index contributed by atoms with van der Waals surface area (Å²) in [6, 6.07) is 11.8. The number of carbonyl (C=O) groups is 1. The third-order valence-corrected chi connectivity index (χ3v) is 6.08. The summed E-state index contributed by atoms with van der Waals surface area (Å²) in [6.45, 7) is 4.00. The molecule has 0 aliphatic rings. The highest BCUT2D eigenvalue weighted by Gasteiger charge is 2.30. The Bertz CT molecular complexity index is 931. The zero-order valence-electron chi connectivity index (χ0n) is 16.1. The molecular formula is C20H24Cl2N2O3S. The van der Waals surface area contributed by atoms with Gasteiger partial charge in [0.05, 0.1) is 17.0 Å². The van der Waals surface area contributed by atoms with Crippen LogP contribution in [0.5, 0.6) is 0 Å². The van der Waals surface area contributed by atoms with E-state index in [1.54, 1.807) is 6.07 Å². The lowest BCUT2D eigenvalue weighted by Crippen LogP contribution is -2.48. The highest BCUT2D eigenvalue weighted by Crippen LogP contribution is 2.32. The molecule has 0 saturated carbocycles. The highest BCUT2D eigenvalue weighted by molar-refractivity contribution is 7.92. The van der Waals surface area contributed by atoms with Gasteiger partial charge in [0.25, 0.3) is 0 Å². The molecule has 0 spiro atoms. The number of aryl methyl sites for hydroxylation is 2. The Balaban J connectivity index is 2.03. The van der Waals surface area contributed by atoms with Gasteiger partial charge < -0.3 is 5.32 Å². The van der Waals surface area contributed by atoms with Crippen molar-refractivity contribution in [3.05, 3.63) is 63.6 Å². The van der Waals surface area contributed by atoms with Crippen LogP contribution < -0.4 is 9.62 Å². The number of sulfonamides is 1. The number of rotatable bonds is 8. The molecule has 0 bridgehead atoms. The van der Waals surface area contributed by atoms with Gasteiger partial charge in [-0.25, -0.2) is 8.42 Å². The number of nitrogens with zero attached hydrogens (tertiary/aromatic N) is 1. The lowest BCUT2D eigenvalue weighted by Gasteiger charge is -2.29. The second-order valence-corrected chi connectivity index (χ2v) is 9.41. The number of anilines is 1. The molecule has 0 fully saturated rings. The maximum absolute atomic E-state index is 12.6. The first-order valence-corrected chi connectivity index (χ1v) is 11.5. The monoisotopic (exact) mass is 442 g/mol. The molecule has 2 rings (SSSR count). The number of hydrogen-bond acceptors (Lipinski definition) is 3. The van der Waals surface area contributed by atoms with Gasteiger partial charge in [0.1, 0.15) is 6.04 Å². The summed E-state index contributed by atoms with van der Waals surface area (Å²) in [6.07, 6.45) is 2.61. The molecule has 152 valence electrons. The third-order valence-electron chi connectivity index (χ3n) is 4.30. The van der Waals surface area contributed by atoms with Gasteiger partial charge >= 0.3 is 0 Å². The van der Waals surface area contributed by atoms with Crippen LogP contribution in [-0.4, -0.2) is 33.2 Å². The van der Waals surface area contributed by atoms with Crippen molar-refractivity contribution < 1.29 is 13.2 Å². The fourth-order valence-corrected chi connectivity index (χ4v) is 4.45. The fourth-order valence-electron chi connectivity index (χ4n) is 2.84. The normalized spacial score (nSPS) is 12.5. The average Bonchev–Trinajstić information content (AvgIpc) is 2.62. The van der Waals surface area contributed by atoms with Gasteiger partial charge in [-0.05, 0) is 50.5 Å². The Morgan fingerprint density at radius 3 is 2.39 bits per heavy atom. The zero-order valence-corrected chi connectivity index (χ0v) is 18.4. The Morgan fingerprint density at radius 1 is 1.14 bits per heavy atom. The van der Waals surface area contributed by atoms with E-state index in [-0.39, 0.29) is 10.7 Å². The van der Waals surface area contributed by atoms with Crippen LogP contribution in [0, 0.1) is 6.92 Å². The van der Waals surface area contributed by atoms with Crippen molar-refractivity contribution >= 4 is 44.8 Å². The van der Waals surface area contributed by atoms with E-state index in [1.807, 2.05) is 6.92 Å². The number of halogens is 2. The molecule has 0 heterocycles. The van der Waals surface area contributed by atoms with Crippen LogP contribution in [0.15, 0.2) is 42.5 Å². The molecule has 0 radical (unpaired) electrons. The van der Waals surface area contributed by atoms with Crippen molar-refractivity contribution in [2.75, 3.05) is 17.1 Å². The summed E-state index contributed by atoms with van der Waals surface area (Å²) in [5.41, 5.74) is 2.57. The molecule has 1 amide bonds.